The Hall–Kier alpha value is -4.72. The Morgan fingerprint density at radius 1 is 1.00 bits per heavy atom. The summed E-state index contributed by atoms with van der Waals surface area (Å²) in [6.45, 7) is 0. The highest BCUT2D eigenvalue weighted by atomic mass is 16.6. The van der Waals surface area contributed by atoms with Gasteiger partial charge in [0, 0.05) is 17.7 Å². The number of rotatable bonds is 5. The molecule has 0 unspecified atom stereocenters. The van der Waals surface area contributed by atoms with Crippen LogP contribution in [0.1, 0.15) is 21.5 Å². The lowest BCUT2D eigenvalue weighted by Crippen LogP contribution is -2.25. The molecule has 8 heteroatoms. The fourth-order valence-corrected chi connectivity index (χ4v) is 3.40. The maximum absolute atomic E-state index is 13.3. The minimum atomic E-state index is -1.32. The van der Waals surface area contributed by atoms with Crippen molar-refractivity contribution >= 4 is 35.0 Å². The summed E-state index contributed by atoms with van der Waals surface area (Å²) in [5, 5.41) is 30.1. The molecule has 0 bridgehead atoms. The van der Waals surface area contributed by atoms with E-state index in [0.717, 1.165) is 5.56 Å². The first-order valence-electron chi connectivity index (χ1n) is 9.49. The van der Waals surface area contributed by atoms with Crippen LogP contribution in [0.15, 0.2) is 84.4 Å². The SMILES string of the molecule is O=C(O)c1cc(N2C(=O)C(=Cc3ccc([N+](=O)[O-])cc3)C=C2c2ccccc2)ccc1O. The van der Waals surface area contributed by atoms with Gasteiger partial charge < -0.3 is 10.2 Å². The lowest BCUT2D eigenvalue weighted by Gasteiger charge is -2.21. The van der Waals surface area contributed by atoms with E-state index in [9.17, 15) is 29.9 Å². The van der Waals surface area contributed by atoms with Crippen LogP contribution < -0.4 is 4.90 Å². The maximum atomic E-state index is 13.3. The molecule has 32 heavy (non-hydrogen) atoms. The van der Waals surface area contributed by atoms with Crippen molar-refractivity contribution in [1.82, 2.24) is 0 Å². The molecule has 3 aromatic rings. The fraction of sp³-hybridized carbons (Fsp3) is 0. The van der Waals surface area contributed by atoms with E-state index >= 15 is 0 Å². The van der Waals surface area contributed by atoms with Crippen molar-refractivity contribution in [3.63, 3.8) is 0 Å². The first-order valence-corrected chi connectivity index (χ1v) is 9.49. The normalized spacial score (nSPS) is 14.5. The molecule has 3 aromatic carbocycles. The van der Waals surface area contributed by atoms with Gasteiger partial charge in [0.25, 0.3) is 11.6 Å². The molecule has 1 aliphatic rings. The molecule has 0 saturated carbocycles. The van der Waals surface area contributed by atoms with Crippen LogP contribution in [0, 0.1) is 10.1 Å². The van der Waals surface area contributed by atoms with E-state index in [1.165, 1.54) is 35.2 Å². The molecule has 0 aliphatic carbocycles. The van der Waals surface area contributed by atoms with Gasteiger partial charge in [-0.05, 0) is 53.6 Å². The number of carbonyl (C=O) groups is 2. The van der Waals surface area contributed by atoms with E-state index < -0.39 is 22.5 Å². The van der Waals surface area contributed by atoms with Crippen LogP contribution in [0.4, 0.5) is 11.4 Å². The summed E-state index contributed by atoms with van der Waals surface area (Å²) in [5.41, 5.74) is 2.09. The topological polar surface area (TPSA) is 121 Å². The van der Waals surface area contributed by atoms with Crippen molar-refractivity contribution in [2.24, 2.45) is 0 Å². The Bertz CT molecular complexity index is 1290. The van der Waals surface area contributed by atoms with Gasteiger partial charge in [-0.25, -0.2) is 4.79 Å². The third kappa shape index (κ3) is 3.84. The van der Waals surface area contributed by atoms with Crippen LogP contribution in [0.25, 0.3) is 11.8 Å². The zero-order chi connectivity index (χ0) is 22.8. The van der Waals surface area contributed by atoms with Crippen LogP contribution in [-0.2, 0) is 4.79 Å². The predicted octanol–water partition coefficient (Wildman–Crippen LogP) is 4.47. The first-order chi connectivity index (χ1) is 15.3. The molecule has 2 N–H and O–H groups in total. The van der Waals surface area contributed by atoms with Gasteiger partial charge in [-0.1, -0.05) is 30.3 Å². The van der Waals surface area contributed by atoms with Gasteiger partial charge >= 0.3 is 5.97 Å². The second-order valence-corrected chi connectivity index (χ2v) is 6.99. The molecule has 1 aliphatic heterocycles. The smallest absolute Gasteiger partial charge is 0.339 e. The monoisotopic (exact) mass is 428 g/mol. The summed E-state index contributed by atoms with van der Waals surface area (Å²) >= 11 is 0. The number of amides is 1. The fourth-order valence-electron chi connectivity index (χ4n) is 3.40. The number of non-ortho nitro benzene ring substituents is 1. The summed E-state index contributed by atoms with van der Waals surface area (Å²) in [6, 6.07) is 18.8. The number of hydrogen-bond donors (Lipinski definition) is 2. The third-order valence-corrected chi connectivity index (χ3v) is 4.95. The van der Waals surface area contributed by atoms with Crippen LogP contribution in [0.2, 0.25) is 0 Å². The second-order valence-electron chi connectivity index (χ2n) is 6.99. The summed E-state index contributed by atoms with van der Waals surface area (Å²) in [4.78, 5) is 36.5. The highest BCUT2D eigenvalue weighted by Gasteiger charge is 2.31. The summed E-state index contributed by atoms with van der Waals surface area (Å²) < 4.78 is 0. The van der Waals surface area contributed by atoms with Crippen LogP contribution in [0.3, 0.4) is 0 Å². The average molecular weight is 428 g/mol. The number of nitrogens with zero attached hydrogens (tertiary/aromatic N) is 2. The third-order valence-electron chi connectivity index (χ3n) is 4.95. The van der Waals surface area contributed by atoms with Crippen LogP contribution in [0.5, 0.6) is 5.75 Å². The van der Waals surface area contributed by atoms with Gasteiger partial charge in [0.15, 0.2) is 0 Å². The molecular weight excluding hydrogens is 412 g/mol. The van der Waals surface area contributed by atoms with Gasteiger partial charge in [0.1, 0.15) is 11.3 Å². The zero-order valence-corrected chi connectivity index (χ0v) is 16.5. The molecule has 8 nitrogen and oxygen atoms in total. The van der Waals surface area contributed by atoms with Crippen molar-refractivity contribution in [2.45, 2.75) is 0 Å². The van der Waals surface area contributed by atoms with E-state index in [2.05, 4.69) is 0 Å². The Morgan fingerprint density at radius 2 is 1.69 bits per heavy atom. The van der Waals surface area contributed by atoms with Gasteiger partial charge in [-0.2, -0.15) is 0 Å². The Morgan fingerprint density at radius 3 is 2.31 bits per heavy atom. The average Bonchev–Trinajstić information content (AvgIpc) is 3.11. The highest BCUT2D eigenvalue weighted by molar-refractivity contribution is 6.23. The van der Waals surface area contributed by atoms with Crippen molar-refractivity contribution in [2.75, 3.05) is 4.90 Å². The number of nitro groups is 1. The molecule has 0 atom stereocenters. The Balaban J connectivity index is 1.81. The number of carboxylic acid groups (broad SMARTS) is 1. The first kappa shape index (κ1) is 20.5. The molecule has 4 rings (SSSR count). The van der Waals surface area contributed by atoms with Gasteiger partial charge in [-0.3, -0.25) is 19.8 Å². The van der Waals surface area contributed by atoms with E-state index in [0.29, 0.717) is 16.8 Å². The molecule has 0 aromatic heterocycles. The molecule has 1 amide bonds. The van der Waals surface area contributed by atoms with Gasteiger partial charge in [0.05, 0.1) is 16.3 Å². The summed E-state index contributed by atoms with van der Waals surface area (Å²) in [6.07, 6.45) is 3.28. The molecule has 158 valence electrons. The molecule has 0 spiro atoms. The van der Waals surface area contributed by atoms with Crippen molar-refractivity contribution in [3.05, 3.63) is 111 Å². The standard InChI is InChI=1S/C24H16N2O6/c27-22-11-10-19(14-20(22)24(29)30)25-21(16-4-2-1-3-5-16)13-17(23(25)28)12-15-6-8-18(9-7-15)26(31)32/h1-14,27H,(H,29,30). The lowest BCUT2D eigenvalue weighted by molar-refractivity contribution is -0.384. The molecule has 0 fully saturated rings. The quantitative estimate of drug-likeness (QED) is 0.351. The van der Waals surface area contributed by atoms with Crippen molar-refractivity contribution in [1.29, 1.82) is 0 Å². The number of nitro benzene ring substituents is 1. The second kappa shape index (κ2) is 8.19. The van der Waals surface area contributed by atoms with Crippen molar-refractivity contribution < 1.29 is 24.7 Å². The van der Waals surface area contributed by atoms with E-state index in [-0.39, 0.29) is 16.9 Å². The number of anilines is 1. The molecular formula is C24H16N2O6. The summed E-state index contributed by atoms with van der Waals surface area (Å²) in [7, 11) is 0. The number of carbonyl (C=O) groups excluding carboxylic acids is 1. The van der Waals surface area contributed by atoms with E-state index in [1.807, 2.05) is 30.3 Å². The lowest BCUT2D eigenvalue weighted by atomic mass is 10.1. The minimum absolute atomic E-state index is 0.0580. The summed E-state index contributed by atoms with van der Waals surface area (Å²) in [5.74, 6) is -2.12. The molecule has 0 saturated heterocycles. The number of carboxylic acids is 1. The van der Waals surface area contributed by atoms with Crippen LogP contribution >= 0.6 is 0 Å². The van der Waals surface area contributed by atoms with Gasteiger partial charge in [0.2, 0.25) is 0 Å². The molecule has 1 heterocycles. The van der Waals surface area contributed by atoms with Crippen LogP contribution in [-0.4, -0.2) is 27.0 Å². The minimum Gasteiger partial charge on any atom is -0.507 e. The number of aromatic hydroxyl groups is 1. The predicted molar refractivity (Wildman–Crippen MR) is 118 cm³/mol. The Kier molecular flexibility index (Phi) is 5.26. The van der Waals surface area contributed by atoms with E-state index in [1.54, 1.807) is 24.3 Å². The number of hydrogen-bond acceptors (Lipinski definition) is 5. The van der Waals surface area contributed by atoms with Gasteiger partial charge in [-0.15, -0.1) is 0 Å². The zero-order valence-electron chi connectivity index (χ0n) is 16.5. The Labute approximate surface area is 182 Å². The van der Waals surface area contributed by atoms with Crippen molar-refractivity contribution in [3.8, 4) is 5.75 Å². The molecule has 0 radical (unpaired) electrons. The maximum Gasteiger partial charge on any atom is 0.339 e. The number of benzene rings is 3. The van der Waals surface area contributed by atoms with E-state index in [4.69, 9.17) is 0 Å². The largest absolute Gasteiger partial charge is 0.507 e. The highest BCUT2D eigenvalue weighted by Crippen LogP contribution is 2.37. The number of aromatic carboxylic acids is 1. The number of phenols is 1.